The van der Waals surface area contributed by atoms with Crippen LogP contribution in [0.15, 0.2) is 18.2 Å². The molecule has 1 aromatic rings. The van der Waals surface area contributed by atoms with E-state index in [9.17, 15) is 14.4 Å². The number of ether oxygens (including phenoxy) is 1. The number of hydrogen-bond donors (Lipinski definition) is 2. The van der Waals surface area contributed by atoms with Crippen LogP contribution in [0, 0.1) is 17.8 Å². The van der Waals surface area contributed by atoms with Gasteiger partial charge in [0.15, 0.2) is 0 Å². The van der Waals surface area contributed by atoms with Gasteiger partial charge in [0.1, 0.15) is 5.54 Å². The van der Waals surface area contributed by atoms with E-state index in [1.807, 2.05) is 0 Å². The first-order valence-electron chi connectivity index (χ1n) is 9.54. The van der Waals surface area contributed by atoms with Crippen molar-refractivity contribution in [3.63, 3.8) is 0 Å². The maximum Gasteiger partial charge on any atom is 0.250 e. The van der Waals surface area contributed by atoms with Crippen LogP contribution in [-0.2, 0) is 24.7 Å². The number of halogens is 1. The van der Waals surface area contributed by atoms with Crippen LogP contribution in [0.4, 0.5) is 5.69 Å². The van der Waals surface area contributed by atoms with Crippen LogP contribution in [0.1, 0.15) is 25.8 Å². The van der Waals surface area contributed by atoms with Gasteiger partial charge in [0.05, 0.1) is 25.0 Å². The van der Waals surface area contributed by atoms with E-state index in [1.54, 1.807) is 18.2 Å². The zero-order valence-electron chi connectivity index (χ0n) is 16.1. The molecule has 150 valence electrons. The Balaban J connectivity index is 1.84. The van der Waals surface area contributed by atoms with Gasteiger partial charge in [0.25, 0.3) is 0 Å². The Bertz CT molecular complexity index is 858. The number of nitrogens with one attached hydrogen (secondary N) is 2. The van der Waals surface area contributed by atoms with Gasteiger partial charge in [-0.1, -0.05) is 25.4 Å². The average molecular weight is 406 g/mol. The summed E-state index contributed by atoms with van der Waals surface area (Å²) < 4.78 is 5.07. The van der Waals surface area contributed by atoms with Gasteiger partial charge in [-0.05, 0) is 30.5 Å². The predicted molar refractivity (Wildman–Crippen MR) is 104 cm³/mol. The van der Waals surface area contributed by atoms with Crippen molar-refractivity contribution >= 4 is 35.0 Å². The summed E-state index contributed by atoms with van der Waals surface area (Å²) in [6.07, 6.45) is 0.684. The Hall–Kier alpha value is -1.96. The smallest absolute Gasteiger partial charge is 0.250 e. The molecule has 1 spiro atoms. The van der Waals surface area contributed by atoms with Crippen LogP contribution in [0.5, 0.6) is 0 Å². The second kappa shape index (κ2) is 6.83. The number of benzene rings is 1. The molecule has 2 N–H and O–H groups in total. The highest BCUT2D eigenvalue weighted by atomic mass is 35.5. The number of anilines is 1. The van der Waals surface area contributed by atoms with Gasteiger partial charge < -0.3 is 10.1 Å². The maximum absolute atomic E-state index is 13.3. The Morgan fingerprint density at radius 1 is 1.25 bits per heavy atom. The molecule has 0 unspecified atom stereocenters. The Labute approximate surface area is 168 Å². The van der Waals surface area contributed by atoms with E-state index >= 15 is 0 Å². The third-order valence-corrected chi connectivity index (χ3v) is 6.25. The number of carbonyl (C=O) groups excluding carboxylic acids is 3. The number of rotatable bonds is 5. The number of amides is 3. The van der Waals surface area contributed by atoms with E-state index in [2.05, 4.69) is 24.5 Å². The molecule has 0 radical (unpaired) electrons. The van der Waals surface area contributed by atoms with Crippen LogP contribution < -0.4 is 10.6 Å². The highest BCUT2D eigenvalue weighted by Crippen LogP contribution is 2.54. The van der Waals surface area contributed by atoms with Crippen LogP contribution in [0.3, 0.4) is 0 Å². The van der Waals surface area contributed by atoms with Gasteiger partial charge in [-0.25, -0.2) is 0 Å². The van der Waals surface area contributed by atoms with E-state index in [0.29, 0.717) is 28.6 Å². The molecular weight excluding hydrogens is 382 g/mol. The Morgan fingerprint density at radius 2 is 2.00 bits per heavy atom. The quantitative estimate of drug-likeness (QED) is 0.729. The second-order valence-corrected chi connectivity index (χ2v) is 8.59. The van der Waals surface area contributed by atoms with Gasteiger partial charge in [-0.3, -0.25) is 24.6 Å². The summed E-state index contributed by atoms with van der Waals surface area (Å²) in [5, 5.41) is 6.75. The first-order chi connectivity index (χ1) is 13.3. The normalized spacial score (nSPS) is 31.1. The fourth-order valence-electron chi connectivity index (χ4n) is 4.95. The Kier molecular flexibility index (Phi) is 4.72. The van der Waals surface area contributed by atoms with Gasteiger partial charge in [0, 0.05) is 29.4 Å². The third-order valence-electron chi connectivity index (χ3n) is 6.01. The van der Waals surface area contributed by atoms with E-state index in [4.69, 9.17) is 16.3 Å². The molecule has 3 aliphatic rings. The lowest BCUT2D eigenvalue weighted by atomic mass is 9.76. The molecule has 2 fully saturated rings. The zero-order chi connectivity index (χ0) is 20.2. The third kappa shape index (κ3) is 2.60. The zero-order valence-corrected chi connectivity index (χ0v) is 16.9. The van der Waals surface area contributed by atoms with Crippen LogP contribution in [0.25, 0.3) is 0 Å². The summed E-state index contributed by atoms with van der Waals surface area (Å²) in [5.74, 6) is -1.94. The van der Waals surface area contributed by atoms with Crippen molar-refractivity contribution in [1.82, 2.24) is 10.2 Å². The summed E-state index contributed by atoms with van der Waals surface area (Å²) in [4.78, 5) is 40.9. The highest BCUT2D eigenvalue weighted by Gasteiger charge is 2.70. The first kappa shape index (κ1) is 19.4. The molecule has 28 heavy (non-hydrogen) atoms. The summed E-state index contributed by atoms with van der Waals surface area (Å²) in [5.41, 5.74) is -0.0126. The van der Waals surface area contributed by atoms with Crippen LogP contribution >= 0.6 is 11.6 Å². The molecule has 3 heterocycles. The fourth-order valence-corrected chi connectivity index (χ4v) is 5.12. The topological polar surface area (TPSA) is 87.7 Å². The summed E-state index contributed by atoms with van der Waals surface area (Å²) in [7, 11) is 1.53. The van der Waals surface area contributed by atoms with Crippen molar-refractivity contribution in [3.05, 3.63) is 28.8 Å². The van der Waals surface area contributed by atoms with Gasteiger partial charge in [-0.2, -0.15) is 0 Å². The number of carbonyl (C=O) groups is 3. The standard InChI is InChI=1S/C20H24ClN3O4/c1-10(2)8-14-15-16(18(26)24(17(15)25)6-7-28-3)20(23-14)12-9-11(21)4-5-13(12)22-19(20)27/h4-5,9-10,14-16,23H,6-8H2,1-3H3,(H,22,27)/t14-,15+,16-,20+/m0/s1. The summed E-state index contributed by atoms with van der Waals surface area (Å²) in [6.45, 7) is 4.58. The fraction of sp³-hybridized carbons (Fsp3) is 0.550. The van der Waals surface area contributed by atoms with Crippen molar-refractivity contribution in [3.8, 4) is 0 Å². The van der Waals surface area contributed by atoms with Crippen molar-refractivity contribution in [2.24, 2.45) is 17.8 Å². The molecular formula is C20H24ClN3O4. The summed E-state index contributed by atoms with van der Waals surface area (Å²) >= 11 is 6.21. The van der Waals surface area contributed by atoms with Gasteiger partial charge >= 0.3 is 0 Å². The first-order valence-corrected chi connectivity index (χ1v) is 9.92. The molecule has 8 heteroatoms. The van der Waals surface area contributed by atoms with Crippen LogP contribution in [0.2, 0.25) is 5.02 Å². The van der Waals surface area contributed by atoms with Crippen molar-refractivity contribution in [2.45, 2.75) is 31.8 Å². The highest BCUT2D eigenvalue weighted by molar-refractivity contribution is 6.31. The summed E-state index contributed by atoms with van der Waals surface area (Å²) in [6, 6.07) is 4.88. The lowest BCUT2D eigenvalue weighted by molar-refractivity contribution is -0.143. The number of methoxy groups -OCH3 is 1. The largest absolute Gasteiger partial charge is 0.383 e. The molecule has 3 amide bonds. The average Bonchev–Trinajstić information content (AvgIpc) is 3.19. The molecule has 0 aromatic heterocycles. The molecule has 4 rings (SSSR count). The van der Waals surface area contributed by atoms with E-state index in [0.717, 1.165) is 0 Å². The Morgan fingerprint density at radius 3 is 2.68 bits per heavy atom. The molecule has 3 aliphatic heterocycles. The minimum absolute atomic E-state index is 0.190. The molecule has 2 saturated heterocycles. The van der Waals surface area contributed by atoms with Crippen molar-refractivity contribution in [1.29, 1.82) is 0 Å². The monoisotopic (exact) mass is 405 g/mol. The molecule has 0 saturated carbocycles. The van der Waals surface area contributed by atoms with Crippen molar-refractivity contribution in [2.75, 3.05) is 25.6 Å². The predicted octanol–water partition coefficient (Wildman–Crippen LogP) is 1.75. The number of hydrogen-bond acceptors (Lipinski definition) is 5. The lowest BCUT2D eigenvalue weighted by Gasteiger charge is -2.30. The molecule has 4 atom stereocenters. The van der Waals surface area contributed by atoms with E-state index in [1.165, 1.54) is 12.0 Å². The molecule has 1 aromatic carbocycles. The van der Waals surface area contributed by atoms with E-state index < -0.39 is 17.4 Å². The minimum atomic E-state index is -1.28. The minimum Gasteiger partial charge on any atom is -0.383 e. The van der Waals surface area contributed by atoms with Crippen LogP contribution in [-0.4, -0.2) is 48.9 Å². The van der Waals surface area contributed by atoms with Gasteiger partial charge in [0.2, 0.25) is 17.7 Å². The van der Waals surface area contributed by atoms with Gasteiger partial charge in [-0.15, -0.1) is 0 Å². The second-order valence-electron chi connectivity index (χ2n) is 8.16. The number of nitrogens with zero attached hydrogens (tertiary/aromatic N) is 1. The van der Waals surface area contributed by atoms with Crippen molar-refractivity contribution < 1.29 is 19.1 Å². The lowest BCUT2D eigenvalue weighted by Crippen LogP contribution is -2.53. The molecule has 0 aliphatic carbocycles. The number of imide groups is 1. The molecule has 7 nitrogen and oxygen atoms in total. The number of fused-ring (bicyclic) bond motifs is 4. The van der Waals surface area contributed by atoms with E-state index in [-0.39, 0.29) is 36.9 Å². The number of likely N-dealkylation sites (tertiary alicyclic amines) is 1. The molecule has 0 bridgehead atoms. The SMILES string of the molecule is COCCN1C(=O)[C@@H]2[C@H](CC(C)C)N[C@@]3(C(=O)Nc4ccc(Cl)cc43)[C@@H]2C1=O. The maximum atomic E-state index is 13.3.